The first kappa shape index (κ1) is 16.2. The molecule has 24 heavy (non-hydrogen) atoms. The van der Waals surface area contributed by atoms with E-state index >= 15 is 0 Å². The minimum Gasteiger partial charge on any atom is -0.354 e. The lowest BCUT2D eigenvalue weighted by Crippen LogP contribution is -2.44. The lowest BCUT2D eigenvalue weighted by molar-refractivity contribution is -0.114. The molecule has 0 atom stereocenters. The van der Waals surface area contributed by atoms with Crippen LogP contribution in [0.5, 0.6) is 0 Å². The molecule has 0 radical (unpaired) electrons. The van der Waals surface area contributed by atoms with Crippen LogP contribution in [-0.4, -0.2) is 54.0 Å². The van der Waals surface area contributed by atoms with Gasteiger partial charge in [-0.1, -0.05) is 0 Å². The van der Waals surface area contributed by atoms with Gasteiger partial charge in [0.15, 0.2) is 0 Å². The maximum Gasteiger partial charge on any atom is 0.221 e. The number of aromatic nitrogens is 2. The topological polar surface area (TPSA) is 73.4 Å². The van der Waals surface area contributed by atoms with E-state index < -0.39 is 0 Å². The summed E-state index contributed by atoms with van der Waals surface area (Å²) in [5, 5.41) is 6.02. The van der Waals surface area contributed by atoms with Crippen molar-refractivity contribution in [1.82, 2.24) is 14.9 Å². The Hall–Kier alpha value is -2.67. The van der Waals surface area contributed by atoms with Gasteiger partial charge in [-0.15, -0.1) is 0 Å². The van der Waals surface area contributed by atoms with Crippen LogP contribution in [0.4, 0.5) is 23.0 Å². The number of carbonyl (C=O) groups excluding carboxylic acids is 1. The van der Waals surface area contributed by atoms with E-state index in [4.69, 9.17) is 0 Å². The molecular weight excluding hydrogens is 304 g/mol. The van der Waals surface area contributed by atoms with Crippen LogP contribution in [0, 0.1) is 0 Å². The number of benzene rings is 1. The number of nitrogens with zero attached hydrogens (tertiary/aromatic N) is 4. The zero-order chi connectivity index (χ0) is 16.9. The molecule has 3 rings (SSSR count). The summed E-state index contributed by atoms with van der Waals surface area (Å²) in [4.78, 5) is 24.3. The number of likely N-dealkylation sites (N-methyl/N-ethyl adjacent to an activating group) is 1. The number of hydrogen-bond donors (Lipinski definition) is 2. The largest absolute Gasteiger partial charge is 0.354 e. The quantitative estimate of drug-likeness (QED) is 0.894. The van der Waals surface area contributed by atoms with Gasteiger partial charge in [-0.2, -0.15) is 0 Å². The van der Waals surface area contributed by atoms with Crippen LogP contribution in [0.15, 0.2) is 36.7 Å². The normalized spacial score (nSPS) is 15.2. The lowest BCUT2D eigenvalue weighted by atomic mass is 10.2. The smallest absolute Gasteiger partial charge is 0.221 e. The molecule has 0 unspecified atom stereocenters. The summed E-state index contributed by atoms with van der Waals surface area (Å²) in [6, 6.07) is 9.48. The van der Waals surface area contributed by atoms with Gasteiger partial charge in [-0.05, 0) is 31.3 Å². The Balaban J connectivity index is 1.67. The van der Waals surface area contributed by atoms with Crippen LogP contribution in [0.3, 0.4) is 0 Å². The molecule has 1 fully saturated rings. The van der Waals surface area contributed by atoms with Gasteiger partial charge in [0.1, 0.15) is 18.0 Å². The number of anilines is 4. The maximum atomic E-state index is 11.0. The van der Waals surface area contributed by atoms with Crippen molar-refractivity contribution in [2.45, 2.75) is 6.92 Å². The van der Waals surface area contributed by atoms with E-state index in [-0.39, 0.29) is 5.91 Å². The number of rotatable bonds is 4. The first-order valence-electron chi connectivity index (χ1n) is 8.00. The Labute approximate surface area is 141 Å². The first-order valence-corrected chi connectivity index (χ1v) is 8.00. The molecule has 1 aliphatic rings. The molecule has 1 saturated heterocycles. The third-order valence-corrected chi connectivity index (χ3v) is 3.96. The fourth-order valence-electron chi connectivity index (χ4n) is 2.61. The highest BCUT2D eigenvalue weighted by atomic mass is 16.1. The summed E-state index contributed by atoms with van der Waals surface area (Å²) in [7, 11) is 2.13. The van der Waals surface area contributed by atoms with E-state index in [1.165, 1.54) is 6.92 Å². The van der Waals surface area contributed by atoms with Crippen molar-refractivity contribution in [2.24, 2.45) is 0 Å². The highest BCUT2D eigenvalue weighted by molar-refractivity contribution is 5.88. The van der Waals surface area contributed by atoms with E-state index in [9.17, 15) is 4.79 Å². The zero-order valence-electron chi connectivity index (χ0n) is 14.0. The Morgan fingerprint density at radius 3 is 2.38 bits per heavy atom. The zero-order valence-corrected chi connectivity index (χ0v) is 14.0. The van der Waals surface area contributed by atoms with Gasteiger partial charge >= 0.3 is 0 Å². The molecule has 7 heteroatoms. The second-order valence-electron chi connectivity index (χ2n) is 5.94. The third kappa shape index (κ3) is 4.20. The van der Waals surface area contributed by atoms with Gasteiger partial charge in [-0.3, -0.25) is 4.79 Å². The van der Waals surface area contributed by atoms with Crippen LogP contribution in [-0.2, 0) is 4.79 Å². The van der Waals surface area contributed by atoms with Gasteiger partial charge in [0.05, 0.1) is 0 Å². The van der Waals surface area contributed by atoms with E-state index in [2.05, 4.69) is 37.4 Å². The van der Waals surface area contributed by atoms with Crippen LogP contribution in [0.1, 0.15) is 6.92 Å². The van der Waals surface area contributed by atoms with Crippen LogP contribution in [0.2, 0.25) is 0 Å². The summed E-state index contributed by atoms with van der Waals surface area (Å²) in [6.07, 6.45) is 1.58. The third-order valence-electron chi connectivity index (χ3n) is 3.96. The highest BCUT2D eigenvalue weighted by Crippen LogP contribution is 2.20. The Morgan fingerprint density at radius 2 is 1.71 bits per heavy atom. The van der Waals surface area contributed by atoms with Crippen LogP contribution < -0.4 is 15.5 Å². The van der Waals surface area contributed by atoms with Gasteiger partial charge in [0.2, 0.25) is 5.91 Å². The molecule has 0 spiro atoms. The van der Waals surface area contributed by atoms with E-state index in [1.807, 2.05) is 30.3 Å². The molecule has 0 aliphatic carbocycles. The van der Waals surface area contributed by atoms with Crippen LogP contribution in [0.25, 0.3) is 0 Å². The second kappa shape index (κ2) is 7.27. The predicted octanol–water partition coefficient (Wildman–Crippen LogP) is 1.93. The average molecular weight is 326 g/mol. The SMILES string of the molecule is CC(=O)Nc1ccc(Nc2cc(N3CCN(C)CC3)ncn2)cc1. The highest BCUT2D eigenvalue weighted by Gasteiger charge is 2.15. The molecule has 7 nitrogen and oxygen atoms in total. The Kier molecular flexibility index (Phi) is 4.90. The number of hydrogen-bond acceptors (Lipinski definition) is 6. The van der Waals surface area contributed by atoms with Gasteiger partial charge < -0.3 is 20.4 Å². The monoisotopic (exact) mass is 326 g/mol. The standard InChI is InChI=1S/C17H22N6O/c1-13(24)20-14-3-5-15(6-4-14)21-16-11-17(19-12-18-16)23-9-7-22(2)8-10-23/h3-6,11-12H,7-10H2,1-2H3,(H,20,24)(H,18,19,21). The van der Waals surface area contributed by atoms with Gasteiger partial charge in [0.25, 0.3) is 0 Å². The molecule has 2 N–H and O–H groups in total. The van der Waals surface area contributed by atoms with Crippen molar-refractivity contribution in [3.05, 3.63) is 36.7 Å². The van der Waals surface area contributed by atoms with Crippen molar-refractivity contribution in [3.63, 3.8) is 0 Å². The van der Waals surface area contributed by atoms with Gasteiger partial charge in [0, 0.05) is 50.5 Å². The maximum absolute atomic E-state index is 11.0. The average Bonchev–Trinajstić information content (AvgIpc) is 2.57. The van der Waals surface area contributed by atoms with Crippen molar-refractivity contribution < 1.29 is 4.79 Å². The molecule has 1 aromatic carbocycles. The molecule has 1 amide bonds. The molecule has 1 aromatic heterocycles. The number of piperazine rings is 1. The number of amides is 1. The molecule has 126 valence electrons. The molecule has 1 aliphatic heterocycles. The number of nitrogens with one attached hydrogen (secondary N) is 2. The minimum atomic E-state index is -0.0803. The van der Waals surface area contributed by atoms with E-state index in [0.29, 0.717) is 0 Å². The fraction of sp³-hybridized carbons (Fsp3) is 0.353. The summed E-state index contributed by atoms with van der Waals surface area (Å²) >= 11 is 0. The van der Waals surface area contributed by atoms with Crippen molar-refractivity contribution in [3.8, 4) is 0 Å². The molecular formula is C17H22N6O. The van der Waals surface area contributed by atoms with Crippen molar-refractivity contribution in [1.29, 1.82) is 0 Å². The predicted molar refractivity (Wildman–Crippen MR) is 95.8 cm³/mol. The summed E-state index contributed by atoms with van der Waals surface area (Å²) in [6.45, 7) is 5.51. The van der Waals surface area contributed by atoms with E-state index in [0.717, 1.165) is 49.2 Å². The van der Waals surface area contributed by atoms with Crippen molar-refractivity contribution in [2.75, 3.05) is 48.8 Å². The molecule has 0 bridgehead atoms. The molecule has 2 aromatic rings. The second-order valence-corrected chi connectivity index (χ2v) is 5.94. The minimum absolute atomic E-state index is 0.0803. The van der Waals surface area contributed by atoms with E-state index in [1.54, 1.807) is 6.33 Å². The fourth-order valence-corrected chi connectivity index (χ4v) is 2.61. The molecule has 0 saturated carbocycles. The Bertz CT molecular complexity index is 694. The lowest BCUT2D eigenvalue weighted by Gasteiger charge is -2.33. The molecule has 2 heterocycles. The summed E-state index contributed by atoms with van der Waals surface area (Å²) in [5.74, 6) is 1.62. The number of carbonyl (C=O) groups is 1. The first-order chi connectivity index (χ1) is 11.6. The Morgan fingerprint density at radius 1 is 1.04 bits per heavy atom. The van der Waals surface area contributed by atoms with Crippen LogP contribution >= 0.6 is 0 Å². The summed E-state index contributed by atoms with van der Waals surface area (Å²) < 4.78 is 0. The van der Waals surface area contributed by atoms with Crippen molar-refractivity contribution >= 4 is 28.9 Å². The summed E-state index contributed by atoms with van der Waals surface area (Å²) in [5.41, 5.74) is 1.68. The van der Waals surface area contributed by atoms with Gasteiger partial charge in [-0.25, -0.2) is 9.97 Å².